The molecular weight excluding hydrogens is 396 g/mol. The maximum atomic E-state index is 13.3. The zero-order valence-electron chi connectivity index (χ0n) is 16.3. The average Bonchev–Trinajstić information content (AvgIpc) is 3.43. The van der Waals surface area contributed by atoms with E-state index in [1.54, 1.807) is 49.6 Å². The molecule has 29 heavy (non-hydrogen) atoms. The summed E-state index contributed by atoms with van der Waals surface area (Å²) < 4.78 is 41.9. The van der Waals surface area contributed by atoms with Gasteiger partial charge in [0.05, 0.1) is 27.0 Å². The summed E-state index contributed by atoms with van der Waals surface area (Å²) >= 11 is 0. The molecule has 1 amide bonds. The topological polar surface area (TPSA) is 94.2 Å². The van der Waals surface area contributed by atoms with Crippen LogP contribution in [0.3, 0.4) is 0 Å². The Bertz CT molecular complexity index is 1050. The van der Waals surface area contributed by atoms with Crippen molar-refractivity contribution in [1.82, 2.24) is 0 Å². The van der Waals surface area contributed by atoms with Gasteiger partial charge in [0.1, 0.15) is 5.75 Å². The van der Waals surface area contributed by atoms with Crippen molar-refractivity contribution in [2.75, 3.05) is 37.5 Å². The molecule has 1 aliphatic heterocycles. The molecule has 9 heteroatoms. The Balaban J connectivity index is 1.58. The predicted octanol–water partition coefficient (Wildman–Crippen LogP) is 2.26. The summed E-state index contributed by atoms with van der Waals surface area (Å²) in [6.07, 6.45) is 0.321. The maximum Gasteiger partial charge on any atom is 0.250 e. The molecule has 2 aromatic carbocycles. The van der Waals surface area contributed by atoms with Crippen LogP contribution >= 0.6 is 0 Å². The van der Waals surface area contributed by atoms with Gasteiger partial charge in [-0.2, -0.15) is 0 Å². The Labute approximate surface area is 169 Å². The molecule has 0 unspecified atom stereocenters. The van der Waals surface area contributed by atoms with Crippen molar-refractivity contribution in [2.24, 2.45) is 5.92 Å². The molecule has 1 saturated carbocycles. The first kappa shape index (κ1) is 19.4. The van der Waals surface area contributed by atoms with E-state index < -0.39 is 20.7 Å². The van der Waals surface area contributed by atoms with Crippen molar-refractivity contribution < 1.29 is 27.4 Å². The van der Waals surface area contributed by atoms with E-state index in [1.165, 1.54) is 18.5 Å². The first-order chi connectivity index (χ1) is 13.9. The van der Waals surface area contributed by atoms with E-state index in [2.05, 4.69) is 5.32 Å². The fourth-order valence-corrected chi connectivity index (χ4v) is 6.23. The number of hydrogen-bond donors (Lipinski definition) is 1. The van der Waals surface area contributed by atoms with Gasteiger partial charge >= 0.3 is 0 Å². The molecule has 0 bridgehead atoms. The number of ether oxygens (including phenoxy) is 3. The second-order valence-corrected chi connectivity index (χ2v) is 9.17. The second kappa shape index (κ2) is 6.84. The molecule has 0 aromatic heterocycles. The van der Waals surface area contributed by atoms with E-state index in [-0.39, 0.29) is 12.5 Å². The number of fused-ring (bicyclic) bond motifs is 1. The number of carbonyl (C=O) groups is 1. The summed E-state index contributed by atoms with van der Waals surface area (Å²) in [5, 5.41) is 2.74. The van der Waals surface area contributed by atoms with Gasteiger partial charge in [0.25, 0.3) is 0 Å². The molecule has 0 spiro atoms. The number of rotatable bonds is 6. The highest BCUT2D eigenvalue weighted by atomic mass is 32.2. The average molecular weight is 418 g/mol. The van der Waals surface area contributed by atoms with Gasteiger partial charge in [0.2, 0.25) is 15.9 Å². The van der Waals surface area contributed by atoms with Gasteiger partial charge in [0, 0.05) is 24.2 Å². The van der Waals surface area contributed by atoms with Gasteiger partial charge in [0.15, 0.2) is 16.2 Å². The van der Waals surface area contributed by atoms with E-state index in [0.29, 0.717) is 35.0 Å². The van der Waals surface area contributed by atoms with Crippen LogP contribution in [0.4, 0.5) is 11.4 Å². The Morgan fingerprint density at radius 3 is 2.34 bits per heavy atom. The predicted molar refractivity (Wildman–Crippen MR) is 108 cm³/mol. The van der Waals surface area contributed by atoms with Gasteiger partial charge in [-0.15, -0.1) is 0 Å². The SMILES string of the molecule is COc1ccc(N2C[C@@H]3C[C@]3(C(=O)Nc3ccc(OC)c(OC)c3)S2(=O)=O)cc1. The number of anilines is 2. The molecule has 2 aromatic rings. The normalized spacial score (nSPS) is 23.8. The van der Waals surface area contributed by atoms with E-state index in [4.69, 9.17) is 14.2 Å². The number of methoxy groups -OCH3 is 3. The summed E-state index contributed by atoms with van der Waals surface area (Å²) in [4.78, 5) is 13.0. The Morgan fingerprint density at radius 2 is 1.72 bits per heavy atom. The molecule has 0 radical (unpaired) electrons. The van der Waals surface area contributed by atoms with Gasteiger partial charge in [-0.1, -0.05) is 0 Å². The largest absolute Gasteiger partial charge is 0.497 e. The molecule has 1 saturated heterocycles. The lowest BCUT2D eigenvalue weighted by atomic mass is 10.2. The van der Waals surface area contributed by atoms with Gasteiger partial charge in [-0.3, -0.25) is 9.10 Å². The highest BCUT2D eigenvalue weighted by Crippen LogP contribution is 2.58. The van der Waals surface area contributed by atoms with E-state index >= 15 is 0 Å². The summed E-state index contributed by atoms with van der Waals surface area (Å²) in [6.45, 7) is 0.286. The Hall–Kier alpha value is -2.94. The quantitative estimate of drug-likeness (QED) is 0.773. The standard InChI is InChI=1S/C20H22N2O6S/c1-26-16-7-5-15(6-8-16)22-12-13-11-20(13,29(22,24)25)19(23)21-14-4-9-17(27-2)18(10-14)28-3/h4-10,13H,11-12H2,1-3H3,(H,21,23)/t13-,20-/m0/s1. The number of nitrogens with one attached hydrogen (secondary N) is 1. The minimum atomic E-state index is -3.85. The first-order valence-electron chi connectivity index (χ1n) is 9.07. The molecule has 1 N–H and O–H groups in total. The smallest absolute Gasteiger partial charge is 0.250 e. The van der Waals surface area contributed by atoms with Crippen LogP contribution < -0.4 is 23.8 Å². The van der Waals surface area contributed by atoms with Crippen LogP contribution in [0.5, 0.6) is 17.2 Å². The highest BCUT2D eigenvalue weighted by Gasteiger charge is 2.75. The van der Waals surface area contributed by atoms with Crippen molar-refractivity contribution in [3.63, 3.8) is 0 Å². The molecule has 1 heterocycles. The van der Waals surface area contributed by atoms with E-state index in [0.717, 1.165) is 0 Å². The van der Waals surface area contributed by atoms with Crippen LogP contribution in [0.15, 0.2) is 42.5 Å². The molecule has 1 aliphatic carbocycles. The molecule has 2 atom stereocenters. The summed E-state index contributed by atoms with van der Waals surface area (Å²) in [5.74, 6) is 0.841. The maximum absolute atomic E-state index is 13.3. The van der Waals surface area contributed by atoms with Gasteiger partial charge < -0.3 is 19.5 Å². The number of nitrogens with zero attached hydrogens (tertiary/aromatic N) is 1. The van der Waals surface area contributed by atoms with Crippen LogP contribution in [-0.4, -0.2) is 46.9 Å². The van der Waals surface area contributed by atoms with Crippen LogP contribution in [0.1, 0.15) is 6.42 Å². The lowest BCUT2D eigenvalue weighted by molar-refractivity contribution is -0.116. The van der Waals surface area contributed by atoms with E-state index in [1.807, 2.05) is 0 Å². The van der Waals surface area contributed by atoms with Crippen LogP contribution in [0.25, 0.3) is 0 Å². The minimum Gasteiger partial charge on any atom is -0.497 e. The number of carbonyl (C=O) groups excluding carboxylic acids is 1. The third kappa shape index (κ3) is 2.88. The van der Waals surface area contributed by atoms with Crippen molar-refractivity contribution in [3.05, 3.63) is 42.5 Å². The molecule has 2 fully saturated rings. The lowest BCUT2D eigenvalue weighted by Crippen LogP contribution is -2.42. The third-order valence-corrected chi connectivity index (χ3v) is 8.12. The first-order valence-corrected chi connectivity index (χ1v) is 10.5. The fraction of sp³-hybridized carbons (Fsp3) is 0.350. The van der Waals surface area contributed by atoms with Crippen molar-refractivity contribution in [2.45, 2.75) is 11.2 Å². The highest BCUT2D eigenvalue weighted by molar-refractivity contribution is 7.95. The van der Waals surface area contributed by atoms with Gasteiger partial charge in [-0.25, -0.2) is 8.42 Å². The minimum absolute atomic E-state index is 0.241. The van der Waals surface area contributed by atoms with Gasteiger partial charge in [-0.05, 0) is 42.8 Å². The number of sulfonamides is 1. The number of amides is 1. The molecular formula is C20H22N2O6S. The fourth-order valence-electron chi connectivity index (χ4n) is 3.87. The van der Waals surface area contributed by atoms with Crippen LogP contribution in [0.2, 0.25) is 0 Å². The molecule has 2 aliphatic rings. The number of benzene rings is 2. The lowest BCUT2D eigenvalue weighted by Gasteiger charge is -2.23. The zero-order valence-corrected chi connectivity index (χ0v) is 17.2. The Kier molecular flexibility index (Phi) is 4.57. The van der Waals surface area contributed by atoms with Crippen LogP contribution in [0, 0.1) is 5.92 Å². The number of hydrogen-bond acceptors (Lipinski definition) is 6. The Morgan fingerprint density at radius 1 is 1.03 bits per heavy atom. The molecule has 154 valence electrons. The zero-order chi connectivity index (χ0) is 20.8. The van der Waals surface area contributed by atoms with E-state index in [9.17, 15) is 13.2 Å². The second-order valence-electron chi connectivity index (χ2n) is 7.05. The summed E-state index contributed by atoms with van der Waals surface area (Å²) in [5.41, 5.74) is 0.974. The summed E-state index contributed by atoms with van der Waals surface area (Å²) in [7, 11) is 0.707. The third-order valence-electron chi connectivity index (χ3n) is 5.57. The summed E-state index contributed by atoms with van der Waals surface area (Å²) in [6, 6.07) is 11.7. The van der Waals surface area contributed by atoms with Crippen molar-refractivity contribution in [3.8, 4) is 17.2 Å². The monoisotopic (exact) mass is 418 g/mol. The van der Waals surface area contributed by atoms with Crippen molar-refractivity contribution >= 4 is 27.3 Å². The molecule has 8 nitrogen and oxygen atoms in total. The van der Waals surface area contributed by atoms with Crippen molar-refractivity contribution in [1.29, 1.82) is 0 Å². The molecule has 4 rings (SSSR count). The van der Waals surface area contributed by atoms with Crippen LogP contribution in [-0.2, 0) is 14.8 Å².